The maximum absolute atomic E-state index is 12.1. The van der Waals surface area contributed by atoms with Gasteiger partial charge in [-0.1, -0.05) is 30.0 Å². The lowest BCUT2D eigenvalue weighted by atomic mass is 10.1. The molecule has 0 spiro atoms. The van der Waals surface area contributed by atoms with Gasteiger partial charge in [-0.25, -0.2) is 4.98 Å². The van der Waals surface area contributed by atoms with Crippen LogP contribution in [0, 0.1) is 6.92 Å². The maximum Gasteiger partial charge on any atom is 0.256 e. The van der Waals surface area contributed by atoms with Gasteiger partial charge < -0.3 is 8.83 Å². The first-order chi connectivity index (χ1) is 9.24. The van der Waals surface area contributed by atoms with E-state index in [1.165, 1.54) is 18.0 Å². The molecule has 96 valence electrons. The normalized spacial score (nSPS) is 11.0. The van der Waals surface area contributed by atoms with Crippen LogP contribution in [0.1, 0.15) is 16.1 Å². The van der Waals surface area contributed by atoms with Crippen LogP contribution < -0.4 is 0 Å². The Kier molecular flexibility index (Phi) is 3.13. The van der Waals surface area contributed by atoms with Gasteiger partial charge in [0, 0.05) is 5.39 Å². The van der Waals surface area contributed by atoms with Gasteiger partial charge in [-0.3, -0.25) is 4.79 Å². The molecule has 0 amide bonds. The number of fused-ring (bicyclic) bond motifs is 1. The van der Waals surface area contributed by atoms with Gasteiger partial charge >= 0.3 is 0 Å². The van der Waals surface area contributed by atoms with E-state index in [2.05, 4.69) is 4.98 Å². The number of carbonyl (C=O) groups excluding carboxylic acids is 1. The monoisotopic (exact) mass is 273 g/mol. The van der Waals surface area contributed by atoms with Crippen molar-refractivity contribution in [2.24, 2.45) is 0 Å². The molecule has 0 aliphatic heterocycles. The summed E-state index contributed by atoms with van der Waals surface area (Å²) in [4.78, 5) is 16.3. The molecule has 0 fully saturated rings. The fraction of sp³-hybridized carbons (Fsp3) is 0.143. The topological polar surface area (TPSA) is 56.2 Å². The van der Waals surface area contributed by atoms with Crippen molar-refractivity contribution in [2.75, 3.05) is 5.75 Å². The fourth-order valence-electron chi connectivity index (χ4n) is 1.80. The molecule has 3 rings (SSSR count). The van der Waals surface area contributed by atoms with Gasteiger partial charge in [0.15, 0.2) is 5.78 Å². The Labute approximate surface area is 113 Å². The Bertz CT molecular complexity index is 729. The summed E-state index contributed by atoms with van der Waals surface area (Å²) >= 11 is 1.29. The van der Waals surface area contributed by atoms with E-state index in [0.29, 0.717) is 10.8 Å². The van der Waals surface area contributed by atoms with Gasteiger partial charge in [-0.15, -0.1) is 0 Å². The van der Waals surface area contributed by atoms with Crippen molar-refractivity contribution in [3.05, 3.63) is 48.0 Å². The zero-order valence-corrected chi connectivity index (χ0v) is 11.1. The number of hydrogen-bond acceptors (Lipinski definition) is 5. The minimum absolute atomic E-state index is 0.00537. The van der Waals surface area contributed by atoms with E-state index in [0.717, 1.165) is 16.7 Å². The van der Waals surface area contributed by atoms with Gasteiger partial charge in [-0.05, 0) is 13.0 Å². The number of oxazole rings is 1. The number of hydrogen-bond donors (Lipinski definition) is 0. The molecule has 0 bridgehead atoms. The number of rotatable bonds is 4. The third-order valence-electron chi connectivity index (χ3n) is 2.71. The van der Waals surface area contributed by atoms with Crippen molar-refractivity contribution in [3.63, 3.8) is 0 Å². The Morgan fingerprint density at radius 3 is 2.89 bits per heavy atom. The number of thioether (sulfide) groups is 1. The molecule has 0 aliphatic rings. The van der Waals surface area contributed by atoms with Crippen molar-refractivity contribution in [2.45, 2.75) is 12.1 Å². The molecule has 0 saturated heterocycles. The van der Waals surface area contributed by atoms with Crippen LogP contribution in [0.5, 0.6) is 0 Å². The predicted octanol–water partition coefficient (Wildman–Crippen LogP) is 3.70. The van der Waals surface area contributed by atoms with Crippen molar-refractivity contribution in [1.82, 2.24) is 4.98 Å². The molecule has 19 heavy (non-hydrogen) atoms. The molecule has 0 N–H and O–H groups in total. The predicted molar refractivity (Wildman–Crippen MR) is 72.5 cm³/mol. The van der Waals surface area contributed by atoms with Crippen LogP contribution >= 0.6 is 11.8 Å². The zero-order valence-electron chi connectivity index (χ0n) is 10.3. The lowest BCUT2D eigenvalue weighted by Gasteiger charge is -1.96. The number of furan rings is 1. The van der Waals surface area contributed by atoms with Crippen molar-refractivity contribution in [1.29, 1.82) is 0 Å². The molecule has 1 aromatic carbocycles. The minimum Gasteiger partial charge on any atom is -0.464 e. The van der Waals surface area contributed by atoms with Crippen molar-refractivity contribution >= 4 is 28.5 Å². The van der Waals surface area contributed by atoms with Crippen LogP contribution in [-0.4, -0.2) is 16.5 Å². The van der Waals surface area contributed by atoms with Gasteiger partial charge in [0.1, 0.15) is 18.1 Å². The summed E-state index contributed by atoms with van der Waals surface area (Å²) in [7, 11) is 0. The lowest BCUT2D eigenvalue weighted by Crippen LogP contribution is -2.01. The smallest absolute Gasteiger partial charge is 0.256 e. The molecular formula is C14H11NO3S. The highest BCUT2D eigenvalue weighted by atomic mass is 32.2. The molecule has 3 aromatic rings. The largest absolute Gasteiger partial charge is 0.464 e. The number of ketones is 1. The van der Waals surface area contributed by atoms with Crippen LogP contribution in [0.3, 0.4) is 0 Å². The van der Waals surface area contributed by atoms with Gasteiger partial charge in [0.05, 0.1) is 17.0 Å². The first-order valence-corrected chi connectivity index (χ1v) is 6.77. The van der Waals surface area contributed by atoms with Crippen LogP contribution in [0.4, 0.5) is 0 Å². The second-order valence-corrected chi connectivity index (χ2v) is 5.04. The molecular weight excluding hydrogens is 262 g/mol. The highest BCUT2D eigenvalue weighted by Crippen LogP contribution is 2.24. The highest BCUT2D eigenvalue weighted by Gasteiger charge is 2.14. The number of para-hydroxylation sites is 1. The second-order valence-electron chi connectivity index (χ2n) is 4.11. The number of Topliss-reactive ketones (excluding diaryl/α,β-unsaturated/α-hetero) is 1. The minimum atomic E-state index is 0.00537. The second kappa shape index (κ2) is 4.93. The van der Waals surface area contributed by atoms with Crippen LogP contribution in [-0.2, 0) is 0 Å². The molecule has 2 heterocycles. The van der Waals surface area contributed by atoms with Gasteiger partial charge in [0.25, 0.3) is 5.22 Å². The number of aryl methyl sites for hydroxylation is 1. The van der Waals surface area contributed by atoms with Gasteiger partial charge in [0.2, 0.25) is 0 Å². The van der Waals surface area contributed by atoms with E-state index in [4.69, 9.17) is 8.83 Å². The summed E-state index contributed by atoms with van der Waals surface area (Å²) in [5.74, 6) is 0.287. The molecule has 0 atom stereocenters. The molecule has 0 aliphatic carbocycles. The third kappa shape index (κ3) is 2.42. The van der Waals surface area contributed by atoms with E-state index in [-0.39, 0.29) is 11.5 Å². The average molecular weight is 273 g/mol. The molecule has 0 unspecified atom stereocenters. The summed E-state index contributed by atoms with van der Waals surface area (Å²) < 4.78 is 10.6. The van der Waals surface area contributed by atoms with Crippen LogP contribution in [0.2, 0.25) is 0 Å². The Morgan fingerprint density at radius 2 is 2.11 bits per heavy atom. The number of benzene rings is 1. The van der Waals surface area contributed by atoms with Crippen LogP contribution in [0.25, 0.3) is 11.0 Å². The quantitative estimate of drug-likeness (QED) is 0.536. The summed E-state index contributed by atoms with van der Waals surface area (Å²) in [6.45, 7) is 1.85. The standard InChI is InChI=1S/C14H11NO3S/c1-9-6-18-14(15-9)19-8-12(16)11-7-17-13-5-3-2-4-10(11)13/h2-7H,8H2,1H3. The van der Waals surface area contributed by atoms with E-state index in [1.807, 2.05) is 31.2 Å². The first-order valence-electron chi connectivity index (χ1n) is 5.78. The number of nitrogens with zero attached hydrogens (tertiary/aromatic N) is 1. The number of aromatic nitrogens is 1. The van der Waals surface area contributed by atoms with E-state index in [9.17, 15) is 4.79 Å². The molecule has 2 aromatic heterocycles. The van der Waals surface area contributed by atoms with E-state index >= 15 is 0 Å². The number of carbonyl (C=O) groups is 1. The maximum atomic E-state index is 12.1. The Balaban J connectivity index is 1.77. The lowest BCUT2D eigenvalue weighted by molar-refractivity contribution is 0.102. The summed E-state index contributed by atoms with van der Waals surface area (Å²) in [6, 6.07) is 7.49. The van der Waals surface area contributed by atoms with Crippen molar-refractivity contribution < 1.29 is 13.6 Å². The summed E-state index contributed by atoms with van der Waals surface area (Å²) in [5.41, 5.74) is 2.14. The van der Waals surface area contributed by atoms with Crippen LogP contribution in [0.15, 0.2) is 50.8 Å². The van der Waals surface area contributed by atoms with Crippen molar-refractivity contribution in [3.8, 4) is 0 Å². The summed E-state index contributed by atoms with van der Waals surface area (Å²) in [5, 5.41) is 1.36. The van der Waals surface area contributed by atoms with E-state index in [1.54, 1.807) is 6.26 Å². The Hall–Kier alpha value is -2.01. The van der Waals surface area contributed by atoms with E-state index < -0.39 is 0 Å². The molecule has 4 nitrogen and oxygen atoms in total. The first kappa shape index (κ1) is 12.0. The molecule has 0 saturated carbocycles. The fourth-order valence-corrected chi connectivity index (χ4v) is 2.53. The van der Waals surface area contributed by atoms with Gasteiger partial charge in [-0.2, -0.15) is 0 Å². The molecule has 0 radical (unpaired) electrons. The Morgan fingerprint density at radius 1 is 1.26 bits per heavy atom. The molecule has 5 heteroatoms. The SMILES string of the molecule is Cc1coc(SCC(=O)c2coc3ccccc23)n1. The highest BCUT2D eigenvalue weighted by molar-refractivity contribution is 7.99. The average Bonchev–Trinajstić information content (AvgIpc) is 3.02. The zero-order chi connectivity index (χ0) is 13.2. The summed E-state index contributed by atoms with van der Waals surface area (Å²) in [6.07, 6.45) is 3.08. The third-order valence-corrected chi connectivity index (χ3v) is 3.55.